The Morgan fingerprint density at radius 3 is 2.91 bits per heavy atom. The zero-order valence-corrected chi connectivity index (χ0v) is 14.0. The van der Waals surface area contributed by atoms with Gasteiger partial charge in [-0.05, 0) is 45.2 Å². The minimum atomic E-state index is 0. The normalized spacial score (nSPS) is 28.3. The predicted molar refractivity (Wildman–Crippen MR) is 86.8 cm³/mol. The average Bonchev–Trinajstić information content (AvgIpc) is 3.24. The zero-order valence-electron chi connectivity index (χ0n) is 13.2. The first-order valence-electron chi connectivity index (χ1n) is 8.38. The molecule has 4 rings (SSSR count). The molecule has 128 valence electrons. The lowest BCUT2D eigenvalue weighted by atomic mass is 10.1. The van der Waals surface area contributed by atoms with Crippen molar-refractivity contribution in [1.29, 1.82) is 0 Å². The molecule has 8 heteroatoms. The van der Waals surface area contributed by atoms with Gasteiger partial charge in [-0.1, -0.05) is 5.21 Å². The summed E-state index contributed by atoms with van der Waals surface area (Å²) in [6.45, 7) is 3.30. The standard InChI is InChI=1S/C15H23N5O2.ClH/c21-15(19-8-9-22-14-3-1-2-13(14)19)12-10-20(18-17-12)11-4-6-16-7-5-11;/h10-11,13-14,16H,1-9H2;1H. The first-order chi connectivity index (χ1) is 10.8. The highest BCUT2D eigenvalue weighted by molar-refractivity contribution is 5.92. The van der Waals surface area contributed by atoms with Gasteiger partial charge in [0.05, 0.1) is 31.0 Å². The van der Waals surface area contributed by atoms with Crippen molar-refractivity contribution in [3.05, 3.63) is 11.9 Å². The van der Waals surface area contributed by atoms with Crippen LogP contribution < -0.4 is 5.32 Å². The third-order valence-corrected chi connectivity index (χ3v) is 5.16. The topological polar surface area (TPSA) is 72.3 Å². The van der Waals surface area contributed by atoms with Crippen LogP contribution in [0.2, 0.25) is 0 Å². The quantitative estimate of drug-likeness (QED) is 0.869. The summed E-state index contributed by atoms with van der Waals surface area (Å²) in [6, 6.07) is 0.587. The number of ether oxygens (including phenoxy) is 1. The maximum atomic E-state index is 12.8. The van der Waals surface area contributed by atoms with E-state index in [1.165, 1.54) is 0 Å². The maximum absolute atomic E-state index is 12.8. The number of fused-ring (bicyclic) bond motifs is 1. The number of carbonyl (C=O) groups excluding carboxylic acids is 1. The van der Waals surface area contributed by atoms with Crippen molar-refractivity contribution in [1.82, 2.24) is 25.2 Å². The molecule has 3 heterocycles. The summed E-state index contributed by atoms with van der Waals surface area (Å²) in [7, 11) is 0. The summed E-state index contributed by atoms with van der Waals surface area (Å²) in [6.07, 6.45) is 7.38. The molecule has 0 radical (unpaired) electrons. The molecule has 0 spiro atoms. The molecule has 2 unspecified atom stereocenters. The molecular formula is C15H24ClN5O2. The Morgan fingerprint density at radius 2 is 2.09 bits per heavy atom. The van der Waals surface area contributed by atoms with Crippen LogP contribution in [-0.2, 0) is 4.74 Å². The molecule has 1 amide bonds. The molecule has 1 saturated carbocycles. The Hall–Kier alpha value is -1.18. The Balaban J connectivity index is 0.00000156. The molecule has 1 aromatic heterocycles. The first kappa shape index (κ1) is 16.7. The molecule has 0 bridgehead atoms. The molecule has 7 nitrogen and oxygen atoms in total. The number of hydrogen-bond acceptors (Lipinski definition) is 5. The Morgan fingerprint density at radius 1 is 1.26 bits per heavy atom. The van der Waals surface area contributed by atoms with Gasteiger partial charge in [-0.25, -0.2) is 4.68 Å². The van der Waals surface area contributed by atoms with E-state index in [4.69, 9.17) is 4.74 Å². The monoisotopic (exact) mass is 341 g/mol. The van der Waals surface area contributed by atoms with E-state index in [9.17, 15) is 4.79 Å². The highest BCUT2D eigenvalue weighted by Crippen LogP contribution is 2.30. The Bertz CT molecular complexity index is 546. The van der Waals surface area contributed by atoms with Crippen molar-refractivity contribution >= 4 is 18.3 Å². The number of halogens is 1. The number of rotatable bonds is 2. The van der Waals surface area contributed by atoms with E-state index < -0.39 is 0 Å². The van der Waals surface area contributed by atoms with Crippen molar-refractivity contribution in [2.45, 2.75) is 50.3 Å². The van der Waals surface area contributed by atoms with Gasteiger partial charge in [-0.2, -0.15) is 0 Å². The predicted octanol–water partition coefficient (Wildman–Crippen LogP) is 1.02. The summed E-state index contributed by atoms with van der Waals surface area (Å²) < 4.78 is 7.65. The summed E-state index contributed by atoms with van der Waals surface area (Å²) in [5, 5.41) is 11.7. The molecule has 23 heavy (non-hydrogen) atoms. The van der Waals surface area contributed by atoms with Crippen LogP contribution in [0.3, 0.4) is 0 Å². The fraction of sp³-hybridized carbons (Fsp3) is 0.800. The van der Waals surface area contributed by atoms with E-state index in [0.717, 1.165) is 45.2 Å². The van der Waals surface area contributed by atoms with Crippen LogP contribution in [0.1, 0.15) is 48.6 Å². The molecule has 2 atom stereocenters. The van der Waals surface area contributed by atoms with Crippen LogP contribution in [0.15, 0.2) is 6.20 Å². The van der Waals surface area contributed by atoms with Gasteiger partial charge in [0.15, 0.2) is 5.69 Å². The molecule has 1 aliphatic carbocycles. The largest absolute Gasteiger partial charge is 0.374 e. The number of aromatic nitrogens is 3. The van der Waals surface area contributed by atoms with Crippen LogP contribution in [0.5, 0.6) is 0 Å². The van der Waals surface area contributed by atoms with Crippen molar-refractivity contribution < 1.29 is 9.53 Å². The van der Waals surface area contributed by atoms with Gasteiger partial charge in [0.2, 0.25) is 0 Å². The lowest BCUT2D eigenvalue weighted by Gasteiger charge is -2.37. The number of nitrogens with one attached hydrogen (secondary N) is 1. The van der Waals surface area contributed by atoms with Crippen LogP contribution in [0.4, 0.5) is 0 Å². The van der Waals surface area contributed by atoms with Crippen molar-refractivity contribution in [3.8, 4) is 0 Å². The second-order valence-electron chi connectivity index (χ2n) is 6.47. The van der Waals surface area contributed by atoms with Crippen LogP contribution in [0.25, 0.3) is 0 Å². The summed E-state index contributed by atoms with van der Waals surface area (Å²) in [5.74, 6) is 0.0142. The molecular weight excluding hydrogens is 318 g/mol. The smallest absolute Gasteiger partial charge is 0.276 e. The van der Waals surface area contributed by atoms with Crippen molar-refractivity contribution in [2.75, 3.05) is 26.2 Å². The molecule has 1 aromatic rings. The van der Waals surface area contributed by atoms with E-state index in [-0.39, 0.29) is 30.5 Å². The second-order valence-corrected chi connectivity index (χ2v) is 6.47. The van der Waals surface area contributed by atoms with Gasteiger partial charge in [0.25, 0.3) is 5.91 Å². The van der Waals surface area contributed by atoms with Gasteiger partial charge >= 0.3 is 0 Å². The van der Waals surface area contributed by atoms with Crippen molar-refractivity contribution in [3.63, 3.8) is 0 Å². The second kappa shape index (κ2) is 7.15. The van der Waals surface area contributed by atoms with Crippen LogP contribution in [-0.4, -0.2) is 64.2 Å². The summed E-state index contributed by atoms with van der Waals surface area (Å²) in [5.41, 5.74) is 0.478. The molecule has 3 fully saturated rings. The average molecular weight is 342 g/mol. The molecule has 0 aromatic carbocycles. The first-order valence-corrected chi connectivity index (χ1v) is 8.38. The summed E-state index contributed by atoms with van der Waals surface area (Å²) >= 11 is 0. The minimum Gasteiger partial charge on any atom is -0.374 e. The fourth-order valence-electron chi connectivity index (χ4n) is 3.95. The Labute approximate surface area is 142 Å². The van der Waals surface area contributed by atoms with E-state index in [0.29, 0.717) is 24.9 Å². The van der Waals surface area contributed by atoms with Crippen molar-refractivity contribution in [2.24, 2.45) is 0 Å². The molecule has 1 N–H and O–H groups in total. The van der Waals surface area contributed by atoms with E-state index in [2.05, 4.69) is 15.6 Å². The van der Waals surface area contributed by atoms with Gasteiger partial charge < -0.3 is 15.0 Å². The Kier molecular flexibility index (Phi) is 5.18. The number of hydrogen-bond donors (Lipinski definition) is 1. The SMILES string of the molecule is Cl.O=C(c1cn(C2CCNCC2)nn1)N1CCOC2CCCC21. The number of amides is 1. The zero-order chi connectivity index (χ0) is 14.9. The number of piperidine rings is 1. The lowest BCUT2D eigenvalue weighted by Crippen LogP contribution is -2.51. The van der Waals surface area contributed by atoms with Crippen LogP contribution in [0, 0.1) is 0 Å². The van der Waals surface area contributed by atoms with Gasteiger partial charge in [-0.15, -0.1) is 17.5 Å². The number of nitrogens with zero attached hydrogens (tertiary/aromatic N) is 4. The lowest BCUT2D eigenvalue weighted by molar-refractivity contribution is -0.0447. The maximum Gasteiger partial charge on any atom is 0.276 e. The van der Waals surface area contributed by atoms with Gasteiger partial charge in [0, 0.05) is 6.54 Å². The molecule has 3 aliphatic rings. The summed E-state index contributed by atoms with van der Waals surface area (Å²) in [4.78, 5) is 14.7. The fourth-order valence-corrected chi connectivity index (χ4v) is 3.95. The van der Waals surface area contributed by atoms with Gasteiger partial charge in [0.1, 0.15) is 0 Å². The highest BCUT2D eigenvalue weighted by atomic mass is 35.5. The third kappa shape index (κ3) is 3.22. The number of morpholine rings is 1. The van der Waals surface area contributed by atoms with E-state index >= 15 is 0 Å². The van der Waals surface area contributed by atoms with Gasteiger partial charge in [-0.3, -0.25) is 4.79 Å². The molecule has 2 aliphatic heterocycles. The van der Waals surface area contributed by atoms with E-state index in [1.54, 1.807) is 0 Å². The number of carbonyl (C=O) groups is 1. The highest BCUT2D eigenvalue weighted by Gasteiger charge is 2.39. The van der Waals surface area contributed by atoms with Crippen LogP contribution >= 0.6 is 12.4 Å². The van der Waals surface area contributed by atoms with E-state index in [1.807, 2.05) is 15.8 Å². The third-order valence-electron chi connectivity index (χ3n) is 5.16. The molecule has 2 saturated heterocycles. The minimum absolute atomic E-state index is 0.